The summed E-state index contributed by atoms with van der Waals surface area (Å²) in [6.07, 6.45) is 1.45. The van der Waals surface area contributed by atoms with Crippen LogP contribution in [-0.2, 0) is 11.2 Å². The van der Waals surface area contributed by atoms with Gasteiger partial charge in [0.15, 0.2) is 0 Å². The third-order valence-corrected chi connectivity index (χ3v) is 4.88. The SMILES string of the molecule is COc1ccc(OC)c(C2CC2C(=O)NCCc2ccc(C(=O)O)cc2)c1. The van der Waals surface area contributed by atoms with E-state index in [2.05, 4.69) is 5.32 Å². The van der Waals surface area contributed by atoms with E-state index in [-0.39, 0.29) is 23.3 Å². The number of hydrogen-bond acceptors (Lipinski definition) is 4. The number of aromatic carboxylic acids is 1. The number of rotatable bonds is 8. The van der Waals surface area contributed by atoms with E-state index in [1.54, 1.807) is 38.5 Å². The molecule has 1 amide bonds. The number of carboxylic acid groups (broad SMARTS) is 1. The van der Waals surface area contributed by atoms with E-state index >= 15 is 0 Å². The van der Waals surface area contributed by atoms with E-state index in [9.17, 15) is 9.59 Å². The van der Waals surface area contributed by atoms with Crippen molar-refractivity contribution in [2.45, 2.75) is 18.8 Å². The van der Waals surface area contributed by atoms with Gasteiger partial charge in [-0.05, 0) is 48.7 Å². The first kappa shape index (κ1) is 18.8. The summed E-state index contributed by atoms with van der Waals surface area (Å²) in [7, 11) is 3.24. The maximum Gasteiger partial charge on any atom is 0.335 e. The van der Waals surface area contributed by atoms with Gasteiger partial charge in [-0.3, -0.25) is 4.79 Å². The molecule has 2 aromatic carbocycles. The van der Waals surface area contributed by atoms with Crippen LogP contribution in [0.3, 0.4) is 0 Å². The molecular weight excluding hydrogens is 346 g/mol. The van der Waals surface area contributed by atoms with Gasteiger partial charge in [-0.2, -0.15) is 0 Å². The Hall–Kier alpha value is -3.02. The maximum absolute atomic E-state index is 12.4. The molecule has 2 atom stereocenters. The van der Waals surface area contributed by atoms with Crippen molar-refractivity contribution >= 4 is 11.9 Å². The molecule has 0 radical (unpaired) electrons. The van der Waals surface area contributed by atoms with Crippen molar-refractivity contribution in [1.82, 2.24) is 5.32 Å². The molecule has 27 heavy (non-hydrogen) atoms. The van der Waals surface area contributed by atoms with Gasteiger partial charge in [0.1, 0.15) is 11.5 Å². The monoisotopic (exact) mass is 369 g/mol. The average Bonchev–Trinajstić information content (AvgIpc) is 3.48. The number of amides is 1. The van der Waals surface area contributed by atoms with E-state index in [4.69, 9.17) is 14.6 Å². The molecule has 1 aliphatic carbocycles. The lowest BCUT2D eigenvalue weighted by molar-refractivity contribution is -0.122. The van der Waals surface area contributed by atoms with Gasteiger partial charge in [0, 0.05) is 23.9 Å². The largest absolute Gasteiger partial charge is 0.497 e. The average molecular weight is 369 g/mol. The number of nitrogens with one attached hydrogen (secondary N) is 1. The van der Waals surface area contributed by atoms with Crippen molar-refractivity contribution in [3.63, 3.8) is 0 Å². The second kappa shape index (κ2) is 8.12. The number of benzene rings is 2. The molecule has 6 heteroatoms. The second-order valence-electron chi connectivity index (χ2n) is 6.60. The first-order valence-corrected chi connectivity index (χ1v) is 8.85. The molecule has 6 nitrogen and oxygen atoms in total. The Morgan fingerprint density at radius 1 is 1.11 bits per heavy atom. The molecule has 1 fully saturated rings. The molecule has 0 saturated heterocycles. The van der Waals surface area contributed by atoms with Crippen LogP contribution in [0.1, 0.15) is 33.8 Å². The van der Waals surface area contributed by atoms with E-state index in [1.807, 2.05) is 18.2 Å². The minimum atomic E-state index is -0.942. The Kier molecular flexibility index (Phi) is 5.64. The summed E-state index contributed by atoms with van der Waals surface area (Å²) in [6.45, 7) is 0.518. The van der Waals surface area contributed by atoms with Crippen molar-refractivity contribution in [3.05, 3.63) is 59.2 Å². The lowest BCUT2D eigenvalue weighted by atomic mass is 10.1. The number of ether oxygens (including phenoxy) is 2. The van der Waals surface area contributed by atoms with Gasteiger partial charge >= 0.3 is 5.97 Å². The topological polar surface area (TPSA) is 84.9 Å². The van der Waals surface area contributed by atoms with Crippen LogP contribution < -0.4 is 14.8 Å². The maximum atomic E-state index is 12.4. The molecule has 1 aliphatic rings. The van der Waals surface area contributed by atoms with Crippen LogP contribution in [0, 0.1) is 5.92 Å². The molecule has 0 aromatic heterocycles. The molecular formula is C21H23NO5. The van der Waals surface area contributed by atoms with Crippen LogP contribution in [0.2, 0.25) is 0 Å². The van der Waals surface area contributed by atoms with Crippen LogP contribution in [0.15, 0.2) is 42.5 Å². The van der Waals surface area contributed by atoms with Crippen molar-refractivity contribution in [1.29, 1.82) is 0 Å². The minimum Gasteiger partial charge on any atom is -0.497 e. The van der Waals surface area contributed by atoms with Crippen molar-refractivity contribution < 1.29 is 24.2 Å². The number of hydrogen-bond donors (Lipinski definition) is 2. The Balaban J connectivity index is 1.52. The third kappa shape index (κ3) is 4.39. The van der Waals surface area contributed by atoms with Crippen LogP contribution in [0.25, 0.3) is 0 Å². The molecule has 3 rings (SSSR count). The highest BCUT2D eigenvalue weighted by molar-refractivity contribution is 5.87. The highest BCUT2D eigenvalue weighted by Gasteiger charge is 2.45. The quantitative estimate of drug-likeness (QED) is 0.747. The van der Waals surface area contributed by atoms with E-state index in [0.717, 1.165) is 29.0 Å². The number of carbonyl (C=O) groups excluding carboxylic acids is 1. The Bertz CT molecular complexity index is 831. The predicted molar refractivity (Wildman–Crippen MR) is 101 cm³/mol. The van der Waals surface area contributed by atoms with Gasteiger partial charge in [-0.25, -0.2) is 4.79 Å². The predicted octanol–water partition coefficient (Wildman–Crippen LogP) is 2.86. The van der Waals surface area contributed by atoms with E-state index < -0.39 is 5.97 Å². The minimum absolute atomic E-state index is 0.0343. The number of methoxy groups -OCH3 is 2. The fourth-order valence-electron chi connectivity index (χ4n) is 3.23. The molecule has 2 aromatic rings. The van der Waals surface area contributed by atoms with Gasteiger partial charge in [0.25, 0.3) is 0 Å². The van der Waals surface area contributed by atoms with Gasteiger partial charge in [-0.15, -0.1) is 0 Å². The summed E-state index contributed by atoms with van der Waals surface area (Å²) in [4.78, 5) is 23.3. The van der Waals surface area contributed by atoms with E-state index in [1.165, 1.54) is 0 Å². The molecule has 2 unspecified atom stereocenters. The smallest absolute Gasteiger partial charge is 0.335 e. The summed E-state index contributed by atoms with van der Waals surface area (Å²) in [5, 5.41) is 11.9. The Morgan fingerprint density at radius 2 is 1.85 bits per heavy atom. The molecule has 0 heterocycles. The summed E-state index contributed by atoms with van der Waals surface area (Å²) < 4.78 is 10.7. The Labute approximate surface area is 158 Å². The number of carbonyl (C=O) groups is 2. The van der Waals surface area contributed by atoms with Crippen molar-refractivity contribution in [3.8, 4) is 11.5 Å². The molecule has 142 valence electrons. The summed E-state index contributed by atoms with van der Waals surface area (Å²) in [5.41, 5.74) is 2.25. The molecule has 2 N–H and O–H groups in total. The molecule has 0 bridgehead atoms. The normalized spacial score (nSPS) is 17.9. The fourth-order valence-corrected chi connectivity index (χ4v) is 3.23. The summed E-state index contributed by atoms with van der Waals surface area (Å²) in [6, 6.07) is 12.3. The van der Waals surface area contributed by atoms with Crippen LogP contribution in [-0.4, -0.2) is 37.7 Å². The highest BCUT2D eigenvalue weighted by Crippen LogP contribution is 2.51. The van der Waals surface area contributed by atoms with Crippen molar-refractivity contribution in [2.24, 2.45) is 5.92 Å². The second-order valence-corrected chi connectivity index (χ2v) is 6.60. The summed E-state index contributed by atoms with van der Waals surface area (Å²) in [5.74, 6) is 0.705. The lowest BCUT2D eigenvalue weighted by Crippen LogP contribution is -2.27. The van der Waals surface area contributed by atoms with Gasteiger partial charge in [0.2, 0.25) is 5.91 Å². The number of carboxylic acids is 1. The van der Waals surface area contributed by atoms with Crippen LogP contribution in [0.5, 0.6) is 11.5 Å². The van der Waals surface area contributed by atoms with Gasteiger partial charge < -0.3 is 19.9 Å². The zero-order valence-corrected chi connectivity index (χ0v) is 15.4. The molecule has 0 aliphatic heterocycles. The zero-order chi connectivity index (χ0) is 19.4. The van der Waals surface area contributed by atoms with Crippen LogP contribution >= 0.6 is 0 Å². The van der Waals surface area contributed by atoms with E-state index in [0.29, 0.717) is 13.0 Å². The van der Waals surface area contributed by atoms with Gasteiger partial charge in [0.05, 0.1) is 19.8 Å². The first-order chi connectivity index (χ1) is 13.0. The zero-order valence-electron chi connectivity index (χ0n) is 15.4. The summed E-state index contributed by atoms with van der Waals surface area (Å²) >= 11 is 0. The Morgan fingerprint density at radius 3 is 2.48 bits per heavy atom. The fraction of sp³-hybridized carbons (Fsp3) is 0.333. The third-order valence-electron chi connectivity index (χ3n) is 4.88. The highest BCUT2D eigenvalue weighted by atomic mass is 16.5. The van der Waals surface area contributed by atoms with Crippen LogP contribution in [0.4, 0.5) is 0 Å². The molecule has 0 spiro atoms. The molecule has 1 saturated carbocycles. The first-order valence-electron chi connectivity index (χ1n) is 8.85. The lowest BCUT2D eigenvalue weighted by Gasteiger charge is -2.10. The van der Waals surface area contributed by atoms with Crippen molar-refractivity contribution in [2.75, 3.05) is 20.8 Å². The standard InChI is InChI=1S/C21H23NO5/c1-26-15-7-8-19(27-2)17(11-15)16-12-18(16)20(23)22-10-9-13-3-5-14(6-4-13)21(24)25/h3-8,11,16,18H,9-10,12H2,1-2H3,(H,22,23)(H,24,25). The van der Waals surface area contributed by atoms with Gasteiger partial charge in [-0.1, -0.05) is 12.1 Å².